The number of aliphatic hydroxyl groups is 1. The molecule has 2 nitrogen and oxygen atoms in total. The Balaban J connectivity index is 2.53. The molecule has 0 aliphatic heterocycles. The highest BCUT2D eigenvalue weighted by atomic mass is 32.1. The molecule has 0 amide bonds. The summed E-state index contributed by atoms with van der Waals surface area (Å²) in [6.07, 6.45) is 0.192. The monoisotopic (exact) mass is 185 g/mol. The molecule has 0 aliphatic rings. The molecule has 0 fully saturated rings. The average Bonchev–Trinajstić information content (AvgIpc) is 2.37. The molecule has 0 saturated carbocycles. The highest BCUT2D eigenvalue weighted by molar-refractivity contribution is 7.09. The molecule has 1 aromatic heterocycles. The van der Waals surface area contributed by atoms with Crippen LogP contribution in [0.1, 0.15) is 18.7 Å². The molecule has 0 spiro atoms. The maximum absolute atomic E-state index is 9.64. The molecular weight excluding hydrogens is 170 g/mol. The summed E-state index contributed by atoms with van der Waals surface area (Å²) in [6.45, 7) is 3.68. The molecule has 3 heteroatoms. The first kappa shape index (κ1) is 9.71. The Labute approximate surface area is 77.0 Å². The Morgan fingerprint density at radius 1 is 1.67 bits per heavy atom. The summed E-state index contributed by atoms with van der Waals surface area (Å²) in [5.41, 5.74) is 5.24. The normalized spacial score (nSPS) is 14.7. The van der Waals surface area contributed by atoms with Crippen LogP contribution in [-0.4, -0.2) is 16.7 Å². The van der Waals surface area contributed by atoms with E-state index in [0.29, 0.717) is 6.42 Å². The van der Waals surface area contributed by atoms with Crippen LogP contribution in [0.5, 0.6) is 0 Å². The van der Waals surface area contributed by atoms with Crippen molar-refractivity contribution < 1.29 is 5.11 Å². The SMILES string of the molecule is CC(C)(N)C(O)Cc1cccs1. The summed E-state index contributed by atoms with van der Waals surface area (Å²) >= 11 is 1.65. The lowest BCUT2D eigenvalue weighted by atomic mass is 9.96. The van der Waals surface area contributed by atoms with Crippen LogP contribution in [0.15, 0.2) is 17.5 Å². The number of hydrogen-bond acceptors (Lipinski definition) is 3. The van der Waals surface area contributed by atoms with Crippen LogP contribution in [0, 0.1) is 0 Å². The number of hydrogen-bond donors (Lipinski definition) is 2. The van der Waals surface area contributed by atoms with Gasteiger partial charge in [0, 0.05) is 16.8 Å². The third-order valence-electron chi connectivity index (χ3n) is 1.83. The van der Waals surface area contributed by atoms with Crippen molar-refractivity contribution in [1.82, 2.24) is 0 Å². The fourth-order valence-corrected chi connectivity index (χ4v) is 1.63. The molecule has 1 heterocycles. The van der Waals surface area contributed by atoms with Gasteiger partial charge in [-0.05, 0) is 25.3 Å². The topological polar surface area (TPSA) is 46.2 Å². The third kappa shape index (κ3) is 2.59. The number of nitrogens with two attached hydrogens (primary N) is 1. The highest BCUT2D eigenvalue weighted by Crippen LogP contribution is 2.15. The minimum Gasteiger partial charge on any atom is -0.391 e. The van der Waals surface area contributed by atoms with Gasteiger partial charge in [0.15, 0.2) is 0 Å². The molecule has 0 radical (unpaired) electrons. The van der Waals surface area contributed by atoms with E-state index in [1.54, 1.807) is 11.3 Å². The van der Waals surface area contributed by atoms with Gasteiger partial charge in [-0.15, -0.1) is 11.3 Å². The van der Waals surface area contributed by atoms with E-state index in [2.05, 4.69) is 0 Å². The van der Waals surface area contributed by atoms with Gasteiger partial charge in [-0.25, -0.2) is 0 Å². The standard InChI is InChI=1S/C9H15NOS/c1-9(2,10)8(11)6-7-4-3-5-12-7/h3-5,8,11H,6,10H2,1-2H3. The van der Waals surface area contributed by atoms with E-state index in [4.69, 9.17) is 5.73 Å². The molecule has 0 saturated heterocycles. The number of rotatable bonds is 3. The van der Waals surface area contributed by atoms with E-state index in [-0.39, 0.29) is 0 Å². The second-order valence-corrected chi connectivity index (χ2v) is 4.65. The van der Waals surface area contributed by atoms with Crippen molar-refractivity contribution in [3.8, 4) is 0 Å². The summed E-state index contributed by atoms with van der Waals surface area (Å²) in [7, 11) is 0. The van der Waals surface area contributed by atoms with Gasteiger partial charge < -0.3 is 10.8 Å². The van der Waals surface area contributed by atoms with Crippen LogP contribution in [-0.2, 0) is 6.42 Å². The van der Waals surface area contributed by atoms with E-state index in [1.165, 1.54) is 4.88 Å². The average molecular weight is 185 g/mol. The lowest BCUT2D eigenvalue weighted by molar-refractivity contribution is 0.105. The van der Waals surface area contributed by atoms with Crippen LogP contribution >= 0.6 is 11.3 Å². The first-order valence-electron chi connectivity index (χ1n) is 3.99. The molecule has 1 unspecified atom stereocenters. The lowest BCUT2D eigenvalue weighted by Crippen LogP contribution is -2.46. The van der Waals surface area contributed by atoms with E-state index < -0.39 is 11.6 Å². The molecule has 3 N–H and O–H groups in total. The molecule has 12 heavy (non-hydrogen) atoms. The summed E-state index contributed by atoms with van der Waals surface area (Å²) < 4.78 is 0. The van der Waals surface area contributed by atoms with Crippen LogP contribution in [0.3, 0.4) is 0 Å². The zero-order valence-corrected chi connectivity index (χ0v) is 8.27. The second-order valence-electron chi connectivity index (χ2n) is 3.62. The van der Waals surface area contributed by atoms with Crippen molar-refractivity contribution in [2.75, 3.05) is 0 Å². The Morgan fingerprint density at radius 2 is 2.33 bits per heavy atom. The summed E-state index contributed by atoms with van der Waals surface area (Å²) in [6, 6.07) is 4.00. The fourth-order valence-electron chi connectivity index (χ4n) is 0.882. The highest BCUT2D eigenvalue weighted by Gasteiger charge is 2.22. The Kier molecular flexibility index (Phi) is 2.88. The molecule has 1 aromatic rings. The van der Waals surface area contributed by atoms with E-state index in [1.807, 2.05) is 31.4 Å². The van der Waals surface area contributed by atoms with E-state index in [0.717, 1.165) is 0 Å². The predicted octanol–water partition coefficient (Wildman–Crippen LogP) is 1.39. The second kappa shape index (κ2) is 3.56. The smallest absolute Gasteiger partial charge is 0.0762 e. The van der Waals surface area contributed by atoms with Crippen molar-refractivity contribution >= 4 is 11.3 Å². The number of aliphatic hydroxyl groups excluding tert-OH is 1. The molecule has 68 valence electrons. The number of thiophene rings is 1. The Morgan fingerprint density at radius 3 is 2.75 bits per heavy atom. The van der Waals surface area contributed by atoms with Crippen molar-refractivity contribution in [3.05, 3.63) is 22.4 Å². The van der Waals surface area contributed by atoms with Gasteiger partial charge in [0.25, 0.3) is 0 Å². The molecule has 0 aliphatic carbocycles. The maximum Gasteiger partial charge on any atom is 0.0762 e. The molecule has 0 aromatic carbocycles. The summed E-state index contributed by atoms with van der Waals surface area (Å²) in [5, 5.41) is 11.6. The minimum atomic E-state index is -0.510. The van der Waals surface area contributed by atoms with Crippen LogP contribution in [0.25, 0.3) is 0 Å². The third-order valence-corrected chi connectivity index (χ3v) is 2.73. The first-order chi connectivity index (χ1) is 5.50. The van der Waals surface area contributed by atoms with Crippen molar-refractivity contribution in [2.45, 2.75) is 31.9 Å². The molecule has 1 atom stereocenters. The van der Waals surface area contributed by atoms with E-state index in [9.17, 15) is 5.11 Å². The van der Waals surface area contributed by atoms with Gasteiger partial charge in [-0.2, -0.15) is 0 Å². The van der Waals surface area contributed by atoms with Crippen LogP contribution in [0.2, 0.25) is 0 Å². The van der Waals surface area contributed by atoms with E-state index >= 15 is 0 Å². The van der Waals surface area contributed by atoms with Crippen molar-refractivity contribution in [1.29, 1.82) is 0 Å². The zero-order chi connectivity index (χ0) is 9.19. The summed E-state index contributed by atoms with van der Waals surface area (Å²) in [5.74, 6) is 0. The minimum absolute atomic E-state index is 0.462. The quantitative estimate of drug-likeness (QED) is 0.747. The molecule has 1 rings (SSSR count). The Bertz CT molecular complexity index is 225. The van der Waals surface area contributed by atoms with Crippen LogP contribution in [0.4, 0.5) is 0 Å². The van der Waals surface area contributed by atoms with Gasteiger partial charge in [-0.1, -0.05) is 6.07 Å². The Hall–Kier alpha value is -0.380. The van der Waals surface area contributed by atoms with Crippen LogP contribution < -0.4 is 5.73 Å². The largest absolute Gasteiger partial charge is 0.391 e. The summed E-state index contributed by atoms with van der Waals surface area (Å²) in [4.78, 5) is 1.18. The van der Waals surface area contributed by atoms with Gasteiger partial charge in [0.2, 0.25) is 0 Å². The van der Waals surface area contributed by atoms with Gasteiger partial charge in [-0.3, -0.25) is 0 Å². The predicted molar refractivity (Wildman–Crippen MR) is 52.3 cm³/mol. The zero-order valence-electron chi connectivity index (χ0n) is 7.45. The molecular formula is C9H15NOS. The maximum atomic E-state index is 9.64. The lowest BCUT2D eigenvalue weighted by Gasteiger charge is -2.25. The fraction of sp³-hybridized carbons (Fsp3) is 0.556. The van der Waals surface area contributed by atoms with Crippen molar-refractivity contribution in [3.63, 3.8) is 0 Å². The first-order valence-corrected chi connectivity index (χ1v) is 4.87. The van der Waals surface area contributed by atoms with Gasteiger partial charge >= 0.3 is 0 Å². The van der Waals surface area contributed by atoms with Crippen molar-refractivity contribution in [2.24, 2.45) is 5.73 Å². The molecule has 0 bridgehead atoms. The van der Waals surface area contributed by atoms with Gasteiger partial charge in [0.05, 0.1) is 6.10 Å². The van der Waals surface area contributed by atoms with Gasteiger partial charge in [0.1, 0.15) is 0 Å².